The second kappa shape index (κ2) is 6.43. The lowest BCUT2D eigenvalue weighted by Gasteiger charge is -2.39. The Morgan fingerprint density at radius 1 is 1.32 bits per heavy atom. The Morgan fingerprint density at radius 2 is 2.00 bits per heavy atom. The van der Waals surface area contributed by atoms with Gasteiger partial charge in [-0.1, -0.05) is 12.1 Å². The van der Waals surface area contributed by atoms with Crippen molar-refractivity contribution in [1.82, 2.24) is 15.2 Å². The van der Waals surface area contributed by atoms with Crippen LogP contribution < -0.4 is 11.3 Å². The van der Waals surface area contributed by atoms with Gasteiger partial charge < -0.3 is 9.80 Å². The Bertz CT molecular complexity index is 395. The van der Waals surface area contributed by atoms with Gasteiger partial charge in [-0.25, -0.2) is 4.39 Å². The maximum absolute atomic E-state index is 13.0. The van der Waals surface area contributed by atoms with Crippen LogP contribution in [0.2, 0.25) is 0 Å². The first-order chi connectivity index (χ1) is 9.10. The van der Waals surface area contributed by atoms with Crippen LogP contribution in [0.3, 0.4) is 0 Å². The molecule has 0 aromatic heterocycles. The lowest BCUT2D eigenvalue weighted by molar-refractivity contribution is 0.101. The summed E-state index contributed by atoms with van der Waals surface area (Å²) >= 11 is 0. The molecule has 0 spiro atoms. The summed E-state index contributed by atoms with van der Waals surface area (Å²) in [5.41, 5.74) is 3.89. The van der Waals surface area contributed by atoms with Crippen molar-refractivity contribution in [3.8, 4) is 0 Å². The highest BCUT2D eigenvalue weighted by Crippen LogP contribution is 2.22. The molecule has 3 N–H and O–H groups in total. The van der Waals surface area contributed by atoms with Gasteiger partial charge in [-0.15, -0.1) is 0 Å². The number of halogens is 1. The highest BCUT2D eigenvalue weighted by molar-refractivity contribution is 5.20. The minimum atomic E-state index is -0.214. The lowest BCUT2D eigenvalue weighted by Crippen LogP contribution is -2.51. The Morgan fingerprint density at radius 3 is 2.63 bits per heavy atom. The molecule has 2 unspecified atom stereocenters. The van der Waals surface area contributed by atoms with Gasteiger partial charge in [0.2, 0.25) is 0 Å². The number of hydrogen-bond acceptors (Lipinski definition) is 4. The standard InChI is InChI=1S/C14H23FN4/c1-18-7-8-19(2)13(10-18)9-14(17-16)11-3-5-12(15)6-4-11/h3-6,13-14,17H,7-10,16H2,1-2H3. The van der Waals surface area contributed by atoms with E-state index in [1.807, 2.05) is 0 Å². The van der Waals surface area contributed by atoms with E-state index in [1.165, 1.54) is 12.1 Å². The Balaban J connectivity index is 2.03. The van der Waals surface area contributed by atoms with E-state index in [1.54, 1.807) is 12.1 Å². The molecule has 0 amide bonds. The molecule has 5 heteroatoms. The summed E-state index contributed by atoms with van der Waals surface area (Å²) in [6, 6.07) is 7.08. The summed E-state index contributed by atoms with van der Waals surface area (Å²) in [7, 11) is 4.29. The van der Waals surface area contributed by atoms with Crippen molar-refractivity contribution in [2.75, 3.05) is 33.7 Å². The third-order valence-electron chi connectivity index (χ3n) is 3.96. The molecule has 2 rings (SSSR count). The van der Waals surface area contributed by atoms with Crippen molar-refractivity contribution in [3.63, 3.8) is 0 Å². The minimum Gasteiger partial charge on any atom is -0.304 e. The Hall–Kier alpha value is -1.01. The molecule has 1 saturated heterocycles. The number of piperazine rings is 1. The van der Waals surface area contributed by atoms with Gasteiger partial charge in [-0.2, -0.15) is 0 Å². The first kappa shape index (κ1) is 14.4. The predicted molar refractivity (Wildman–Crippen MR) is 75.0 cm³/mol. The van der Waals surface area contributed by atoms with Crippen molar-refractivity contribution in [3.05, 3.63) is 35.6 Å². The maximum Gasteiger partial charge on any atom is 0.123 e. The van der Waals surface area contributed by atoms with Crippen molar-refractivity contribution < 1.29 is 4.39 Å². The molecule has 1 heterocycles. The first-order valence-electron chi connectivity index (χ1n) is 6.70. The van der Waals surface area contributed by atoms with Crippen LogP contribution in [0.5, 0.6) is 0 Å². The van der Waals surface area contributed by atoms with Gasteiger partial charge in [0.25, 0.3) is 0 Å². The van der Waals surface area contributed by atoms with Gasteiger partial charge in [-0.05, 0) is 38.2 Å². The average molecular weight is 266 g/mol. The van der Waals surface area contributed by atoms with E-state index in [4.69, 9.17) is 5.84 Å². The van der Waals surface area contributed by atoms with E-state index in [2.05, 4.69) is 29.3 Å². The van der Waals surface area contributed by atoms with E-state index >= 15 is 0 Å². The van der Waals surface area contributed by atoms with Crippen molar-refractivity contribution in [2.24, 2.45) is 5.84 Å². The second-order valence-corrected chi connectivity index (χ2v) is 5.40. The molecule has 4 nitrogen and oxygen atoms in total. The summed E-state index contributed by atoms with van der Waals surface area (Å²) in [5, 5.41) is 0. The maximum atomic E-state index is 13.0. The largest absolute Gasteiger partial charge is 0.304 e. The normalized spacial score (nSPS) is 23.5. The van der Waals surface area contributed by atoms with Gasteiger partial charge in [0.05, 0.1) is 0 Å². The van der Waals surface area contributed by atoms with Crippen molar-refractivity contribution in [1.29, 1.82) is 0 Å². The van der Waals surface area contributed by atoms with Gasteiger partial charge >= 0.3 is 0 Å². The van der Waals surface area contributed by atoms with Crippen LogP contribution in [0.1, 0.15) is 18.0 Å². The topological polar surface area (TPSA) is 44.5 Å². The smallest absolute Gasteiger partial charge is 0.123 e. The first-order valence-corrected chi connectivity index (χ1v) is 6.70. The predicted octanol–water partition coefficient (Wildman–Crippen LogP) is 0.966. The number of nitrogens with two attached hydrogens (primary N) is 1. The molecule has 2 atom stereocenters. The number of hydrogen-bond donors (Lipinski definition) is 2. The molecule has 1 aromatic carbocycles. The van der Waals surface area contributed by atoms with Crippen LogP contribution >= 0.6 is 0 Å². The second-order valence-electron chi connectivity index (χ2n) is 5.40. The van der Waals surface area contributed by atoms with Gasteiger partial charge in [0.15, 0.2) is 0 Å². The van der Waals surface area contributed by atoms with E-state index in [-0.39, 0.29) is 11.9 Å². The zero-order valence-electron chi connectivity index (χ0n) is 11.6. The highest BCUT2D eigenvalue weighted by atomic mass is 19.1. The van der Waals surface area contributed by atoms with Gasteiger partial charge in [0, 0.05) is 31.7 Å². The summed E-state index contributed by atoms with van der Waals surface area (Å²) in [6.07, 6.45) is 0.920. The Kier molecular flexibility index (Phi) is 4.87. The average Bonchev–Trinajstić information content (AvgIpc) is 2.41. The van der Waals surface area contributed by atoms with E-state index in [0.29, 0.717) is 6.04 Å². The zero-order valence-corrected chi connectivity index (χ0v) is 11.6. The number of nitrogens with zero attached hydrogens (tertiary/aromatic N) is 2. The lowest BCUT2D eigenvalue weighted by atomic mass is 9.97. The van der Waals surface area contributed by atoms with Crippen LogP contribution in [0.4, 0.5) is 4.39 Å². The molecule has 0 bridgehead atoms. The van der Waals surface area contributed by atoms with E-state index in [9.17, 15) is 4.39 Å². The molecule has 106 valence electrons. The fraction of sp³-hybridized carbons (Fsp3) is 0.571. The summed E-state index contributed by atoms with van der Waals surface area (Å²) in [5.74, 6) is 5.45. The SMILES string of the molecule is CN1CCN(C)C(CC(NN)c2ccc(F)cc2)C1. The number of benzene rings is 1. The van der Waals surface area contributed by atoms with Crippen molar-refractivity contribution in [2.45, 2.75) is 18.5 Å². The highest BCUT2D eigenvalue weighted by Gasteiger charge is 2.25. The molecule has 1 aliphatic rings. The number of nitrogens with one attached hydrogen (secondary N) is 1. The monoisotopic (exact) mass is 266 g/mol. The number of likely N-dealkylation sites (N-methyl/N-ethyl adjacent to an activating group) is 2. The molecule has 0 saturated carbocycles. The Labute approximate surface area is 114 Å². The molecule has 1 aromatic rings. The molecule has 1 fully saturated rings. The van der Waals surface area contributed by atoms with Crippen molar-refractivity contribution >= 4 is 0 Å². The van der Waals surface area contributed by atoms with Gasteiger partial charge in [0.1, 0.15) is 5.82 Å². The molecule has 0 radical (unpaired) electrons. The van der Waals surface area contributed by atoms with Crippen LogP contribution in [-0.2, 0) is 0 Å². The van der Waals surface area contributed by atoms with Crippen LogP contribution in [0.15, 0.2) is 24.3 Å². The van der Waals surface area contributed by atoms with E-state index < -0.39 is 0 Å². The van der Waals surface area contributed by atoms with E-state index in [0.717, 1.165) is 31.6 Å². The van der Waals surface area contributed by atoms with Crippen LogP contribution in [0.25, 0.3) is 0 Å². The number of hydrazine groups is 1. The quantitative estimate of drug-likeness (QED) is 0.629. The summed E-state index contributed by atoms with van der Waals surface area (Å²) in [6.45, 7) is 3.21. The zero-order chi connectivity index (χ0) is 13.8. The third kappa shape index (κ3) is 3.73. The summed E-state index contributed by atoms with van der Waals surface area (Å²) < 4.78 is 13.0. The molecule has 1 aliphatic heterocycles. The summed E-state index contributed by atoms with van der Waals surface area (Å²) in [4.78, 5) is 4.71. The number of rotatable bonds is 4. The fourth-order valence-electron chi connectivity index (χ4n) is 2.62. The fourth-order valence-corrected chi connectivity index (χ4v) is 2.62. The molecular formula is C14H23FN4. The molecule has 0 aliphatic carbocycles. The minimum absolute atomic E-state index is 0.0551. The third-order valence-corrected chi connectivity index (χ3v) is 3.96. The van der Waals surface area contributed by atoms with Gasteiger partial charge in [-0.3, -0.25) is 11.3 Å². The molecular weight excluding hydrogens is 243 g/mol. The van der Waals surface area contributed by atoms with Crippen LogP contribution in [0, 0.1) is 5.82 Å². The molecule has 19 heavy (non-hydrogen) atoms. The van der Waals surface area contributed by atoms with Crippen LogP contribution in [-0.4, -0.2) is 49.6 Å².